The summed E-state index contributed by atoms with van der Waals surface area (Å²) in [5.41, 5.74) is 0.341. The summed E-state index contributed by atoms with van der Waals surface area (Å²) < 4.78 is 5.44. The van der Waals surface area contributed by atoms with Gasteiger partial charge in [0.2, 0.25) is 0 Å². The summed E-state index contributed by atoms with van der Waals surface area (Å²) in [6, 6.07) is 0.159. The van der Waals surface area contributed by atoms with Crippen LogP contribution in [0.4, 0.5) is 5.82 Å². The van der Waals surface area contributed by atoms with Crippen LogP contribution in [-0.2, 0) is 4.74 Å². The molecule has 2 N–H and O–H groups in total. The largest absolute Gasteiger partial charge is 0.378 e. The number of nitrogens with zero attached hydrogens (tertiary/aromatic N) is 2. The molecule has 1 aromatic rings. The Kier molecular flexibility index (Phi) is 4.09. The van der Waals surface area contributed by atoms with Crippen molar-refractivity contribution in [3.8, 4) is 0 Å². The van der Waals surface area contributed by atoms with Crippen molar-refractivity contribution in [3.05, 3.63) is 18.1 Å². The van der Waals surface area contributed by atoms with Gasteiger partial charge in [0.05, 0.1) is 18.5 Å². The maximum atomic E-state index is 11.9. The second kappa shape index (κ2) is 5.77. The van der Waals surface area contributed by atoms with Crippen LogP contribution in [0, 0.1) is 0 Å². The summed E-state index contributed by atoms with van der Waals surface area (Å²) in [4.78, 5) is 20.1. The van der Waals surface area contributed by atoms with E-state index in [0.29, 0.717) is 18.1 Å². The second-order valence-electron chi connectivity index (χ2n) is 4.41. The summed E-state index contributed by atoms with van der Waals surface area (Å²) in [7, 11) is 1.76. The number of anilines is 1. The molecular weight excluding hydrogens is 232 g/mol. The van der Waals surface area contributed by atoms with Gasteiger partial charge in [0.25, 0.3) is 5.91 Å². The molecule has 6 heteroatoms. The van der Waals surface area contributed by atoms with Gasteiger partial charge in [-0.25, -0.2) is 9.97 Å². The first-order valence-corrected chi connectivity index (χ1v) is 6.11. The zero-order valence-corrected chi connectivity index (χ0v) is 10.6. The van der Waals surface area contributed by atoms with Crippen molar-refractivity contribution in [1.29, 1.82) is 0 Å². The van der Waals surface area contributed by atoms with Crippen LogP contribution in [0.2, 0.25) is 0 Å². The number of hydrogen-bond donors (Lipinski definition) is 2. The first-order valence-electron chi connectivity index (χ1n) is 6.11. The van der Waals surface area contributed by atoms with Gasteiger partial charge < -0.3 is 15.4 Å². The molecule has 0 aliphatic carbocycles. The second-order valence-corrected chi connectivity index (χ2v) is 4.41. The number of carbonyl (C=O) groups is 1. The van der Waals surface area contributed by atoms with Gasteiger partial charge in [-0.15, -0.1) is 0 Å². The normalized spacial score (nSPS) is 23.4. The van der Waals surface area contributed by atoms with Crippen LogP contribution < -0.4 is 10.6 Å². The summed E-state index contributed by atoms with van der Waals surface area (Å²) >= 11 is 0. The Morgan fingerprint density at radius 1 is 1.44 bits per heavy atom. The lowest BCUT2D eigenvalue weighted by atomic mass is 10.0. The molecule has 0 bridgehead atoms. The number of amides is 1. The highest BCUT2D eigenvalue weighted by molar-refractivity contribution is 5.92. The number of nitrogens with one attached hydrogen (secondary N) is 2. The van der Waals surface area contributed by atoms with E-state index in [-0.39, 0.29) is 18.1 Å². The molecular formula is C12H18N4O2. The third-order valence-electron chi connectivity index (χ3n) is 2.96. The van der Waals surface area contributed by atoms with Gasteiger partial charge in [-0.3, -0.25) is 4.79 Å². The molecule has 0 saturated carbocycles. The Morgan fingerprint density at radius 2 is 2.28 bits per heavy atom. The topological polar surface area (TPSA) is 76.1 Å². The van der Waals surface area contributed by atoms with E-state index in [9.17, 15) is 4.79 Å². The molecule has 98 valence electrons. The van der Waals surface area contributed by atoms with Gasteiger partial charge in [-0.2, -0.15) is 0 Å². The summed E-state index contributed by atoms with van der Waals surface area (Å²) in [6.45, 7) is 2.70. The van der Waals surface area contributed by atoms with Gasteiger partial charge in [-0.05, 0) is 19.8 Å². The van der Waals surface area contributed by atoms with E-state index in [1.54, 1.807) is 13.2 Å². The fourth-order valence-electron chi connectivity index (χ4n) is 1.96. The van der Waals surface area contributed by atoms with E-state index in [4.69, 9.17) is 4.74 Å². The van der Waals surface area contributed by atoms with Crippen LogP contribution in [0.3, 0.4) is 0 Å². The SMILES string of the molecule is CNc1cnc(C(=O)NC2CCOC(C)C2)cn1. The molecule has 1 fully saturated rings. The highest BCUT2D eigenvalue weighted by Gasteiger charge is 2.21. The van der Waals surface area contributed by atoms with Gasteiger partial charge in [-0.1, -0.05) is 0 Å². The van der Waals surface area contributed by atoms with Crippen molar-refractivity contribution < 1.29 is 9.53 Å². The van der Waals surface area contributed by atoms with E-state index >= 15 is 0 Å². The average Bonchev–Trinajstić information content (AvgIpc) is 2.39. The van der Waals surface area contributed by atoms with E-state index in [0.717, 1.165) is 12.8 Å². The molecule has 0 aromatic carbocycles. The maximum Gasteiger partial charge on any atom is 0.271 e. The molecule has 1 aliphatic heterocycles. The lowest BCUT2D eigenvalue weighted by molar-refractivity contribution is 0.0136. The van der Waals surface area contributed by atoms with Gasteiger partial charge in [0.1, 0.15) is 11.5 Å². The van der Waals surface area contributed by atoms with Crippen molar-refractivity contribution in [2.24, 2.45) is 0 Å². The van der Waals surface area contributed by atoms with Gasteiger partial charge >= 0.3 is 0 Å². The van der Waals surface area contributed by atoms with Gasteiger partial charge in [0.15, 0.2) is 0 Å². The molecule has 0 radical (unpaired) electrons. The molecule has 1 saturated heterocycles. The van der Waals surface area contributed by atoms with Crippen LogP contribution in [0.1, 0.15) is 30.3 Å². The van der Waals surface area contributed by atoms with Gasteiger partial charge in [0, 0.05) is 19.7 Å². The predicted molar refractivity (Wildman–Crippen MR) is 67.5 cm³/mol. The molecule has 0 spiro atoms. The summed E-state index contributed by atoms with van der Waals surface area (Å²) in [6.07, 6.45) is 4.90. The van der Waals surface area contributed by atoms with Crippen molar-refractivity contribution in [3.63, 3.8) is 0 Å². The molecule has 1 aliphatic rings. The van der Waals surface area contributed by atoms with Crippen molar-refractivity contribution in [1.82, 2.24) is 15.3 Å². The Balaban J connectivity index is 1.94. The number of carbonyl (C=O) groups excluding carboxylic acids is 1. The highest BCUT2D eigenvalue weighted by Crippen LogP contribution is 2.13. The van der Waals surface area contributed by atoms with Crippen molar-refractivity contribution in [2.75, 3.05) is 19.0 Å². The zero-order valence-electron chi connectivity index (χ0n) is 10.6. The third kappa shape index (κ3) is 3.16. The standard InChI is InChI=1S/C12H18N4O2/c1-8-5-9(3-4-18-8)16-12(17)10-6-15-11(13-2)7-14-10/h6-9H,3-5H2,1-2H3,(H,13,15)(H,16,17). The molecule has 1 amide bonds. The number of aromatic nitrogens is 2. The predicted octanol–water partition coefficient (Wildman–Crippen LogP) is 0.816. The number of hydrogen-bond acceptors (Lipinski definition) is 5. The van der Waals surface area contributed by atoms with Crippen molar-refractivity contribution >= 4 is 11.7 Å². The molecule has 2 rings (SSSR count). The average molecular weight is 250 g/mol. The molecule has 6 nitrogen and oxygen atoms in total. The lowest BCUT2D eigenvalue weighted by Crippen LogP contribution is -2.41. The van der Waals surface area contributed by atoms with Crippen LogP contribution in [0.25, 0.3) is 0 Å². The molecule has 18 heavy (non-hydrogen) atoms. The Labute approximate surface area is 106 Å². The first kappa shape index (κ1) is 12.8. The van der Waals surface area contributed by atoms with Crippen LogP contribution in [0.15, 0.2) is 12.4 Å². The maximum absolute atomic E-state index is 11.9. The minimum atomic E-state index is -0.177. The molecule has 2 atom stereocenters. The fraction of sp³-hybridized carbons (Fsp3) is 0.583. The quantitative estimate of drug-likeness (QED) is 0.830. The lowest BCUT2D eigenvalue weighted by Gasteiger charge is -2.27. The smallest absolute Gasteiger partial charge is 0.271 e. The fourth-order valence-corrected chi connectivity index (χ4v) is 1.96. The Bertz CT molecular complexity index is 407. The monoisotopic (exact) mass is 250 g/mol. The first-order chi connectivity index (χ1) is 8.69. The van der Waals surface area contributed by atoms with Crippen LogP contribution in [-0.4, -0.2) is 41.7 Å². The highest BCUT2D eigenvalue weighted by atomic mass is 16.5. The van der Waals surface area contributed by atoms with E-state index in [1.807, 2.05) is 6.92 Å². The van der Waals surface area contributed by atoms with E-state index in [2.05, 4.69) is 20.6 Å². The van der Waals surface area contributed by atoms with Crippen molar-refractivity contribution in [2.45, 2.75) is 31.9 Å². The van der Waals surface area contributed by atoms with E-state index < -0.39 is 0 Å². The van der Waals surface area contributed by atoms with Crippen LogP contribution >= 0.6 is 0 Å². The zero-order chi connectivity index (χ0) is 13.0. The number of ether oxygens (including phenoxy) is 1. The number of rotatable bonds is 3. The Morgan fingerprint density at radius 3 is 2.89 bits per heavy atom. The third-order valence-corrected chi connectivity index (χ3v) is 2.96. The summed E-state index contributed by atoms with van der Waals surface area (Å²) in [5, 5.41) is 5.82. The minimum Gasteiger partial charge on any atom is -0.378 e. The minimum absolute atomic E-state index is 0.159. The molecule has 2 heterocycles. The summed E-state index contributed by atoms with van der Waals surface area (Å²) in [5.74, 6) is 0.468. The van der Waals surface area contributed by atoms with E-state index in [1.165, 1.54) is 6.20 Å². The Hall–Kier alpha value is -1.69. The van der Waals surface area contributed by atoms with Crippen LogP contribution in [0.5, 0.6) is 0 Å². The molecule has 1 aromatic heterocycles. The molecule has 2 unspecified atom stereocenters.